The molecule has 124 valence electrons. The standard InChI is InChI=1S/C13H22F2N6O/c14-12(15)21-5-3-17-11(21)10-19-13(16)18-2-1-4-20-6-8-22-9-7-20/h3,5,12H,1-2,4,6-10H2,(H3,16,18,19). The van der Waals surface area contributed by atoms with Gasteiger partial charge >= 0.3 is 6.55 Å². The van der Waals surface area contributed by atoms with E-state index >= 15 is 0 Å². The molecule has 1 aromatic rings. The number of alkyl halides is 2. The fourth-order valence-corrected chi connectivity index (χ4v) is 2.20. The summed E-state index contributed by atoms with van der Waals surface area (Å²) in [5.41, 5.74) is 5.72. The van der Waals surface area contributed by atoms with Gasteiger partial charge < -0.3 is 15.8 Å². The number of guanidine groups is 1. The lowest BCUT2D eigenvalue weighted by Crippen LogP contribution is -2.39. The molecule has 7 nitrogen and oxygen atoms in total. The average molecular weight is 316 g/mol. The number of imidazole rings is 1. The van der Waals surface area contributed by atoms with E-state index in [1.165, 1.54) is 12.4 Å². The van der Waals surface area contributed by atoms with Crippen LogP contribution in [0.2, 0.25) is 0 Å². The van der Waals surface area contributed by atoms with Crippen molar-refractivity contribution in [2.75, 3.05) is 39.4 Å². The Hall–Kier alpha value is -1.74. The van der Waals surface area contributed by atoms with E-state index in [1.54, 1.807) is 0 Å². The van der Waals surface area contributed by atoms with Gasteiger partial charge in [0.2, 0.25) is 0 Å². The van der Waals surface area contributed by atoms with Crippen LogP contribution < -0.4 is 11.1 Å². The first kappa shape index (κ1) is 16.6. The third-order valence-corrected chi connectivity index (χ3v) is 3.41. The summed E-state index contributed by atoms with van der Waals surface area (Å²) in [6.45, 7) is 2.56. The van der Waals surface area contributed by atoms with Crippen LogP contribution in [0.1, 0.15) is 18.8 Å². The third-order valence-electron chi connectivity index (χ3n) is 3.41. The first-order valence-corrected chi connectivity index (χ1v) is 7.30. The number of halogens is 2. The summed E-state index contributed by atoms with van der Waals surface area (Å²) in [5, 5.41) is 2.98. The van der Waals surface area contributed by atoms with Gasteiger partial charge in [-0.15, -0.1) is 0 Å². The van der Waals surface area contributed by atoms with Crippen LogP contribution in [0.3, 0.4) is 0 Å². The van der Waals surface area contributed by atoms with Crippen molar-refractivity contribution in [2.24, 2.45) is 10.7 Å². The van der Waals surface area contributed by atoms with Crippen molar-refractivity contribution in [3.63, 3.8) is 0 Å². The van der Waals surface area contributed by atoms with Crippen LogP contribution in [0.15, 0.2) is 17.4 Å². The quantitative estimate of drug-likeness (QED) is 0.432. The summed E-state index contributed by atoms with van der Waals surface area (Å²) < 4.78 is 31.3. The molecular formula is C13H22F2N6O. The summed E-state index contributed by atoms with van der Waals surface area (Å²) in [4.78, 5) is 10.2. The number of hydrogen-bond acceptors (Lipinski definition) is 4. The Labute approximate surface area is 128 Å². The molecular weight excluding hydrogens is 294 g/mol. The van der Waals surface area contributed by atoms with Crippen molar-refractivity contribution in [1.29, 1.82) is 0 Å². The summed E-state index contributed by atoms with van der Waals surface area (Å²) in [5.74, 6) is 0.430. The van der Waals surface area contributed by atoms with Gasteiger partial charge in [-0.05, 0) is 13.0 Å². The topological polar surface area (TPSA) is 80.7 Å². The molecule has 1 saturated heterocycles. The minimum Gasteiger partial charge on any atom is -0.379 e. The third kappa shape index (κ3) is 5.23. The molecule has 0 spiro atoms. The van der Waals surface area contributed by atoms with Gasteiger partial charge in [-0.1, -0.05) is 0 Å². The average Bonchev–Trinajstić information content (AvgIpc) is 2.99. The van der Waals surface area contributed by atoms with Gasteiger partial charge in [0.15, 0.2) is 5.96 Å². The van der Waals surface area contributed by atoms with Crippen LogP contribution in [-0.4, -0.2) is 59.8 Å². The van der Waals surface area contributed by atoms with Gasteiger partial charge in [-0.25, -0.2) is 9.98 Å². The first-order valence-electron chi connectivity index (χ1n) is 7.30. The van der Waals surface area contributed by atoms with Crippen molar-refractivity contribution in [3.8, 4) is 0 Å². The zero-order chi connectivity index (χ0) is 15.8. The number of aromatic nitrogens is 2. The molecule has 0 radical (unpaired) electrons. The summed E-state index contributed by atoms with van der Waals surface area (Å²) >= 11 is 0. The van der Waals surface area contributed by atoms with E-state index in [4.69, 9.17) is 10.5 Å². The highest BCUT2D eigenvalue weighted by molar-refractivity contribution is 5.77. The molecule has 1 aliphatic heterocycles. The van der Waals surface area contributed by atoms with Crippen molar-refractivity contribution < 1.29 is 13.5 Å². The molecule has 0 amide bonds. The van der Waals surface area contributed by atoms with Gasteiger partial charge in [0.1, 0.15) is 12.4 Å². The number of nitrogens with one attached hydrogen (secondary N) is 1. The lowest BCUT2D eigenvalue weighted by Gasteiger charge is -2.26. The molecule has 2 rings (SSSR count). The van der Waals surface area contributed by atoms with Crippen molar-refractivity contribution in [1.82, 2.24) is 19.8 Å². The number of morpholine rings is 1. The fourth-order valence-electron chi connectivity index (χ4n) is 2.20. The maximum atomic E-state index is 12.6. The van der Waals surface area contributed by atoms with Crippen LogP contribution in [0.25, 0.3) is 0 Å². The number of hydrogen-bond donors (Lipinski definition) is 2. The molecule has 0 bridgehead atoms. The van der Waals surface area contributed by atoms with Crippen LogP contribution in [0.4, 0.5) is 8.78 Å². The predicted octanol–water partition coefficient (Wildman–Crippen LogP) is 0.405. The Morgan fingerprint density at radius 3 is 2.95 bits per heavy atom. The van der Waals surface area contributed by atoms with Crippen molar-refractivity contribution in [3.05, 3.63) is 18.2 Å². The summed E-state index contributed by atoms with van der Waals surface area (Å²) in [6.07, 6.45) is 3.48. The number of ether oxygens (including phenoxy) is 1. The van der Waals surface area contributed by atoms with E-state index in [0.717, 1.165) is 43.8 Å². The lowest BCUT2D eigenvalue weighted by atomic mass is 10.3. The highest BCUT2D eigenvalue weighted by Gasteiger charge is 2.11. The number of nitrogens with zero attached hydrogens (tertiary/aromatic N) is 4. The highest BCUT2D eigenvalue weighted by atomic mass is 19.3. The summed E-state index contributed by atoms with van der Waals surface area (Å²) in [7, 11) is 0. The van der Waals surface area contributed by atoms with Crippen LogP contribution >= 0.6 is 0 Å². The minimum absolute atomic E-state index is 0.0274. The van der Waals surface area contributed by atoms with Gasteiger partial charge in [0.25, 0.3) is 0 Å². The first-order chi connectivity index (χ1) is 10.7. The van der Waals surface area contributed by atoms with Crippen LogP contribution in [-0.2, 0) is 11.3 Å². The van der Waals surface area contributed by atoms with E-state index in [9.17, 15) is 8.78 Å². The Balaban J connectivity index is 1.65. The zero-order valence-corrected chi connectivity index (χ0v) is 12.4. The largest absolute Gasteiger partial charge is 0.379 e. The van der Waals surface area contributed by atoms with E-state index in [-0.39, 0.29) is 18.3 Å². The van der Waals surface area contributed by atoms with Gasteiger partial charge in [0.05, 0.1) is 13.2 Å². The second kappa shape index (κ2) is 8.64. The maximum Gasteiger partial charge on any atom is 0.319 e. The zero-order valence-electron chi connectivity index (χ0n) is 12.4. The van der Waals surface area contributed by atoms with Crippen LogP contribution in [0, 0.1) is 0 Å². The maximum absolute atomic E-state index is 12.6. The molecule has 2 heterocycles. The predicted molar refractivity (Wildman–Crippen MR) is 78.7 cm³/mol. The van der Waals surface area contributed by atoms with E-state index < -0.39 is 6.55 Å². The van der Waals surface area contributed by atoms with Gasteiger partial charge in [0, 0.05) is 32.0 Å². The fraction of sp³-hybridized carbons (Fsp3) is 0.692. The Kier molecular flexibility index (Phi) is 6.53. The number of nitrogens with two attached hydrogens (primary N) is 1. The van der Waals surface area contributed by atoms with Gasteiger partial charge in [-0.3, -0.25) is 9.47 Å². The SMILES string of the molecule is NC(=NCc1nccn1C(F)F)NCCCN1CCOCC1. The molecule has 0 unspecified atom stereocenters. The molecule has 22 heavy (non-hydrogen) atoms. The normalized spacial score (nSPS) is 17.1. The molecule has 1 aromatic heterocycles. The second-order valence-corrected chi connectivity index (χ2v) is 4.96. The van der Waals surface area contributed by atoms with E-state index in [1.807, 2.05) is 0 Å². The number of rotatable bonds is 7. The molecule has 1 fully saturated rings. The molecule has 9 heteroatoms. The van der Waals surface area contributed by atoms with E-state index in [2.05, 4.69) is 20.2 Å². The molecule has 0 saturated carbocycles. The number of aliphatic imine (C=N–C) groups is 1. The van der Waals surface area contributed by atoms with Crippen molar-refractivity contribution >= 4 is 5.96 Å². The lowest BCUT2D eigenvalue weighted by molar-refractivity contribution is 0.0376. The van der Waals surface area contributed by atoms with Gasteiger partial charge in [-0.2, -0.15) is 8.78 Å². The van der Waals surface area contributed by atoms with Crippen LogP contribution in [0.5, 0.6) is 0 Å². The second-order valence-electron chi connectivity index (χ2n) is 4.96. The van der Waals surface area contributed by atoms with Crippen molar-refractivity contribution in [2.45, 2.75) is 19.5 Å². The molecule has 3 N–H and O–H groups in total. The Bertz CT molecular complexity index is 473. The molecule has 0 atom stereocenters. The Morgan fingerprint density at radius 1 is 1.45 bits per heavy atom. The molecule has 0 aliphatic carbocycles. The smallest absolute Gasteiger partial charge is 0.319 e. The molecule has 0 aromatic carbocycles. The highest BCUT2D eigenvalue weighted by Crippen LogP contribution is 2.12. The summed E-state index contributed by atoms with van der Waals surface area (Å²) in [6, 6.07) is 0. The van der Waals surface area contributed by atoms with E-state index in [0.29, 0.717) is 6.54 Å². The molecule has 1 aliphatic rings. The Morgan fingerprint density at radius 2 is 2.23 bits per heavy atom. The minimum atomic E-state index is -2.62. The monoisotopic (exact) mass is 316 g/mol.